The Labute approximate surface area is 138 Å². The first kappa shape index (κ1) is 14.6. The number of H-pyrrole nitrogens is 1. The van der Waals surface area contributed by atoms with Crippen LogP contribution in [0.1, 0.15) is 22.9 Å². The molecule has 108 valence electrons. The lowest BCUT2D eigenvalue weighted by molar-refractivity contribution is 0.560. The zero-order chi connectivity index (χ0) is 13.5. The van der Waals surface area contributed by atoms with E-state index in [1.54, 1.807) is 0 Å². The molecule has 1 aliphatic heterocycles. The topological polar surface area (TPSA) is 27.8 Å². The number of benzene rings is 2. The molecule has 0 aliphatic carbocycles. The van der Waals surface area contributed by atoms with Gasteiger partial charge in [-0.2, -0.15) is 0 Å². The summed E-state index contributed by atoms with van der Waals surface area (Å²) in [5, 5.41) is 4.99. The molecule has 3 aromatic rings. The van der Waals surface area contributed by atoms with Gasteiger partial charge in [0.2, 0.25) is 0 Å². The minimum atomic E-state index is 0. The van der Waals surface area contributed by atoms with Crippen LogP contribution < -0.4 is 5.32 Å². The second kappa shape index (κ2) is 5.84. The van der Waals surface area contributed by atoms with Crippen molar-refractivity contribution in [2.75, 3.05) is 6.54 Å². The van der Waals surface area contributed by atoms with Crippen molar-refractivity contribution in [1.82, 2.24) is 10.3 Å². The van der Waals surface area contributed by atoms with Crippen LogP contribution in [-0.2, 0) is 6.42 Å². The monoisotopic (exact) mass is 362 g/mol. The third-order valence-electron chi connectivity index (χ3n) is 4.06. The fraction of sp³-hybridized carbons (Fsp3) is 0.176. The zero-order valence-electron chi connectivity index (χ0n) is 11.4. The van der Waals surface area contributed by atoms with E-state index < -0.39 is 0 Å². The Bertz CT molecular complexity index is 764. The summed E-state index contributed by atoms with van der Waals surface area (Å²) in [7, 11) is 0. The standard InChI is InChI=1S/C17H15BrN2.ClH/c18-12-7-5-11(6-8-12)16-17-14(9-10-19-16)13-3-1-2-4-15(13)20-17;/h1-8,16,19-20H,9-10H2;1H. The third kappa shape index (κ3) is 2.50. The molecule has 4 heteroatoms. The van der Waals surface area contributed by atoms with E-state index in [0.29, 0.717) is 0 Å². The van der Waals surface area contributed by atoms with Gasteiger partial charge in [0.25, 0.3) is 0 Å². The largest absolute Gasteiger partial charge is 0.357 e. The molecule has 2 heterocycles. The van der Waals surface area contributed by atoms with E-state index in [9.17, 15) is 0 Å². The van der Waals surface area contributed by atoms with Gasteiger partial charge in [-0.3, -0.25) is 0 Å². The van der Waals surface area contributed by atoms with Crippen molar-refractivity contribution in [3.8, 4) is 0 Å². The highest BCUT2D eigenvalue weighted by molar-refractivity contribution is 9.10. The predicted molar refractivity (Wildman–Crippen MR) is 93.2 cm³/mol. The molecule has 0 bridgehead atoms. The van der Waals surface area contributed by atoms with Crippen LogP contribution in [-0.4, -0.2) is 11.5 Å². The van der Waals surface area contributed by atoms with E-state index >= 15 is 0 Å². The van der Waals surface area contributed by atoms with Crippen LogP contribution in [0.2, 0.25) is 0 Å². The molecule has 0 saturated carbocycles. The van der Waals surface area contributed by atoms with Gasteiger partial charge >= 0.3 is 0 Å². The summed E-state index contributed by atoms with van der Waals surface area (Å²) in [5.74, 6) is 0. The molecule has 2 N–H and O–H groups in total. The second-order valence-electron chi connectivity index (χ2n) is 5.25. The fourth-order valence-electron chi connectivity index (χ4n) is 3.12. The number of aromatic amines is 1. The Morgan fingerprint density at radius 2 is 1.76 bits per heavy atom. The molecule has 0 radical (unpaired) electrons. The van der Waals surface area contributed by atoms with Gasteiger partial charge in [0.1, 0.15) is 0 Å². The Balaban J connectivity index is 0.00000132. The van der Waals surface area contributed by atoms with Crippen molar-refractivity contribution in [3.05, 3.63) is 69.8 Å². The average molecular weight is 364 g/mol. The molecule has 1 aliphatic rings. The van der Waals surface area contributed by atoms with Crippen LogP contribution in [0.4, 0.5) is 0 Å². The molecule has 21 heavy (non-hydrogen) atoms. The van der Waals surface area contributed by atoms with E-state index in [1.807, 2.05) is 0 Å². The molecule has 0 spiro atoms. The molecule has 1 unspecified atom stereocenters. The Morgan fingerprint density at radius 1 is 1.00 bits per heavy atom. The first-order valence-electron chi connectivity index (χ1n) is 6.91. The maximum Gasteiger partial charge on any atom is 0.0732 e. The first-order chi connectivity index (χ1) is 9.83. The Kier molecular flexibility index (Phi) is 4.07. The number of halogens is 2. The predicted octanol–water partition coefficient (Wildman–Crippen LogP) is 4.59. The van der Waals surface area contributed by atoms with Gasteiger partial charge in [0.05, 0.1) is 6.04 Å². The summed E-state index contributed by atoms with van der Waals surface area (Å²) >= 11 is 3.50. The van der Waals surface area contributed by atoms with Gasteiger partial charge in [-0.15, -0.1) is 12.4 Å². The lowest BCUT2D eigenvalue weighted by atomic mass is 9.94. The highest BCUT2D eigenvalue weighted by Crippen LogP contribution is 2.33. The van der Waals surface area contributed by atoms with Crippen molar-refractivity contribution >= 4 is 39.2 Å². The van der Waals surface area contributed by atoms with E-state index in [2.05, 4.69) is 74.8 Å². The number of nitrogens with one attached hydrogen (secondary N) is 2. The Hall–Kier alpha value is -1.29. The summed E-state index contributed by atoms with van der Waals surface area (Å²) in [5.41, 5.74) is 5.33. The van der Waals surface area contributed by atoms with Gasteiger partial charge in [0, 0.05) is 27.6 Å². The minimum absolute atomic E-state index is 0. The number of para-hydroxylation sites is 1. The average Bonchev–Trinajstić information content (AvgIpc) is 2.87. The molecule has 0 saturated heterocycles. The maximum atomic E-state index is 3.63. The van der Waals surface area contributed by atoms with Crippen molar-refractivity contribution in [2.24, 2.45) is 0 Å². The highest BCUT2D eigenvalue weighted by atomic mass is 79.9. The van der Waals surface area contributed by atoms with E-state index in [4.69, 9.17) is 0 Å². The van der Waals surface area contributed by atoms with Crippen molar-refractivity contribution in [1.29, 1.82) is 0 Å². The Morgan fingerprint density at radius 3 is 2.57 bits per heavy atom. The summed E-state index contributed by atoms with van der Waals surface area (Å²) in [6.07, 6.45) is 1.09. The van der Waals surface area contributed by atoms with Crippen LogP contribution in [0.3, 0.4) is 0 Å². The van der Waals surface area contributed by atoms with Gasteiger partial charge in [-0.05, 0) is 35.7 Å². The molecule has 2 aromatic carbocycles. The molecular weight excluding hydrogens is 348 g/mol. The molecule has 4 rings (SSSR count). The van der Waals surface area contributed by atoms with Crippen LogP contribution in [0.25, 0.3) is 10.9 Å². The molecule has 0 amide bonds. The number of hydrogen-bond donors (Lipinski definition) is 2. The summed E-state index contributed by atoms with van der Waals surface area (Å²) in [4.78, 5) is 3.60. The van der Waals surface area contributed by atoms with Crippen molar-refractivity contribution in [3.63, 3.8) is 0 Å². The number of aromatic nitrogens is 1. The molecule has 1 atom stereocenters. The summed E-state index contributed by atoms with van der Waals surface area (Å²) < 4.78 is 1.12. The SMILES string of the molecule is Brc1ccc(C2NCCc3c2[nH]c2ccccc32)cc1.Cl. The molecule has 0 fully saturated rings. The van der Waals surface area contributed by atoms with Gasteiger partial charge in [-0.1, -0.05) is 46.3 Å². The number of rotatable bonds is 1. The van der Waals surface area contributed by atoms with Gasteiger partial charge in [0.15, 0.2) is 0 Å². The van der Waals surface area contributed by atoms with E-state index in [1.165, 1.54) is 27.7 Å². The maximum absolute atomic E-state index is 3.63. The zero-order valence-corrected chi connectivity index (χ0v) is 13.8. The lowest BCUT2D eigenvalue weighted by Gasteiger charge is -2.24. The number of fused-ring (bicyclic) bond motifs is 3. The summed E-state index contributed by atoms with van der Waals surface area (Å²) in [6, 6.07) is 17.4. The molecule has 1 aromatic heterocycles. The van der Waals surface area contributed by atoms with Gasteiger partial charge in [-0.25, -0.2) is 0 Å². The minimum Gasteiger partial charge on any atom is -0.357 e. The van der Waals surface area contributed by atoms with Crippen LogP contribution in [0.5, 0.6) is 0 Å². The fourth-order valence-corrected chi connectivity index (χ4v) is 3.38. The lowest BCUT2D eigenvalue weighted by Crippen LogP contribution is -2.30. The first-order valence-corrected chi connectivity index (χ1v) is 7.70. The number of hydrogen-bond acceptors (Lipinski definition) is 1. The molecular formula is C17H16BrClN2. The van der Waals surface area contributed by atoms with Crippen LogP contribution in [0.15, 0.2) is 53.0 Å². The van der Waals surface area contributed by atoms with E-state index in [-0.39, 0.29) is 18.4 Å². The normalized spacial score (nSPS) is 17.3. The van der Waals surface area contributed by atoms with E-state index in [0.717, 1.165) is 17.4 Å². The second-order valence-corrected chi connectivity index (χ2v) is 6.17. The molecule has 2 nitrogen and oxygen atoms in total. The van der Waals surface area contributed by atoms with Crippen molar-refractivity contribution in [2.45, 2.75) is 12.5 Å². The smallest absolute Gasteiger partial charge is 0.0732 e. The van der Waals surface area contributed by atoms with Gasteiger partial charge < -0.3 is 10.3 Å². The quantitative estimate of drug-likeness (QED) is 0.650. The van der Waals surface area contributed by atoms with Crippen molar-refractivity contribution < 1.29 is 0 Å². The highest BCUT2D eigenvalue weighted by Gasteiger charge is 2.24. The summed E-state index contributed by atoms with van der Waals surface area (Å²) in [6.45, 7) is 1.02. The third-order valence-corrected chi connectivity index (χ3v) is 4.59. The van der Waals surface area contributed by atoms with Crippen LogP contribution >= 0.6 is 28.3 Å². The van der Waals surface area contributed by atoms with Crippen LogP contribution in [0, 0.1) is 0 Å².